The second-order valence-electron chi connectivity index (χ2n) is 8.91. The van der Waals surface area contributed by atoms with Crippen LogP contribution in [0.5, 0.6) is 0 Å². The van der Waals surface area contributed by atoms with Gasteiger partial charge in [0.25, 0.3) is 5.91 Å². The van der Waals surface area contributed by atoms with Gasteiger partial charge in [-0.25, -0.2) is 0 Å². The first-order chi connectivity index (χ1) is 15.5. The van der Waals surface area contributed by atoms with E-state index in [0.29, 0.717) is 17.3 Å². The van der Waals surface area contributed by atoms with Crippen LogP contribution in [0, 0.1) is 5.92 Å². The van der Waals surface area contributed by atoms with Crippen molar-refractivity contribution in [2.24, 2.45) is 5.92 Å². The maximum atomic E-state index is 13.3. The number of carbonyl (C=O) groups excluding carboxylic acids is 3. The lowest BCUT2D eigenvalue weighted by Crippen LogP contribution is -3.14. The predicted molar refractivity (Wildman–Crippen MR) is 123 cm³/mol. The van der Waals surface area contributed by atoms with Crippen molar-refractivity contribution in [3.8, 4) is 0 Å². The molecule has 1 aromatic carbocycles. The topological polar surface area (TPSA) is 68.1 Å². The lowest BCUT2D eigenvalue weighted by Gasteiger charge is -2.29. The summed E-state index contributed by atoms with van der Waals surface area (Å²) >= 11 is 1.32. The molecule has 6 nitrogen and oxygen atoms in total. The molecule has 2 aliphatic rings. The highest BCUT2D eigenvalue weighted by molar-refractivity contribution is 7.12. The summed E-state index contributed by atoms with van der Waals surface area (Å²) in [5.41, 5.74) is 2.04. The summed E-state index contributed by atoms with van der Waals surface area (Å²) in [5, 5.41) is 1.82. The molecule has 2 aliphatic heterocycles. The number of nitrogens with one attached hydrogen (secondary N) is 1. The van der Waals surface area contributed by atoms with E-state index in [-0.39, 0.29) is 5.78 Å². The highest BCUT2D eigenvalue weighted by Gasteiger charge is 2.51. The normalized spacial score (nSPS) is 22.2. The SMILES string of the molecule is CC(C)c1ccc(C2C(C(=O)c3cccs3)C(=O)C(=O)N2CCC[NH+]2CCOCC2)cc1. The van der Waals surface area contributed by atoms with Crippen LogP contribution in [0.15, 0.2) is 41.8 Å². The van der Waals surface area contributed by atoms with Crippen LogP contribution in [0.2, 0.25) is 0 Å². The van der Waals surface area contributed by atoms with Gasteiger partial charge in [-0.1, -0.05) is 44.2 Å². The number of quaternary nitrogens is 1. The molecule has 0 aliphatic carbocycles. The van der Waals surface area contributed by atoms with Crippen molar-refractivity contribution >= 4 is 28.8 Å². The van der Waals surface area contributed by atoms with Gasteiger partial charge in [0.05, 0.1) is 30.7 Å². The van der Waals surface area contributed by atoms with Crippen molar-refractivity contribution in [1.29, 1.82) is 0 Å². The first-order valence-electron chi connectivity index (χ1n) is 11.4. The highest BCUT2D eigenvalue weighted by atomic mass is 32.1. The third-order valence-electron chi connectivity index (χ3n) is 6.53. The number of thiophene rings is 1. The van der Waals surface area contributed by atoms with Gasteiger partial charge >= 0.3 is 0 Å². The summed E-state index contributed by atoms with van der Waals surface area (Å²) in [7, 11) is 0. The van der Waals surface area contributed by atoms with Crippen LogP contribution < -0.4 is 4.90 Å². The maximum absolute atomic E-state index is 13.3. The number of benzene rings is 1. The molecule has 1 N–H and O–H groups in total. The number of hydrogen-bond acceptors (Lipinski definition) is 5. The van der Waals surface area contributed by atoms with E-state index < -0.39 is 23.7 Å². The number of Topliss-reactive ketones (excluding diaryl/α,β-unsaturated/α-hetero) is 2. The van der Waals surface area contributed by atoms with Gasteiger partial charge in [-0.3, -0.25) is 14.4 Å². The molecule has 0 saturated carbocycles. The van der Waals surface area contributed by atoms with Crippen molar-refractivity contribution in [3.05, 3.63) is 57.8 Å². The van der Waals surface area contributed by atoms with Gasteiger partial charge in [0, 0.05) is 13.0 Å². The molecule has 7 heteroatoms. The lowest BCUT2D eigenvalue weighted by molar-refractivity contribution is -0.908. The van der Waals surface area contributed by atoms with Crippen molar-refractivity contribution in [1.82, 2.24) is 4.90 Å². The average molecular weight is 456 g/mol. The van der Waals surface area contributed by atoms with E-state index in [1.165, 1.54) is 21.8 Å². The Morgan fingerprint density at radius 3 is 2.50 bits per heavy atom. The maximum Gasteiger partial charge on any atom is 0.291 e. The third kappa shape index (κ3) is 4.70. The van der Waals surface area contributed by atoms with E-state index in [2.05, 4.69) is 13.8 Å². The van der Waals surface area contributed by atoms with Gasteiger partial charge < -0.3 is 14.5 Å². The summed E-state index contributed by atoms with van der Waals surface area (Å²) in [5.74, 6) is -1.97. The van der Waals surface area contributed by atoms with E-state index in [0.717, 1.165) is 44.8 Å². The molecule has 2 atom stereocenters. The quantitative estimate of drug-likeness (QED) is 0.376. The summed E-state index contributed by atoms with van der Waals surface area (Å²) in [6.07, 6.45) is 0.787. The smallest absolute Gasteiger partial charge is 0.291 e. The van der Waals surface area contributed by atoms with Gasteiger partial charge in [0.1, 0.15) is 19.0 Å². The van der Waals surface area contributed by atoms with E-state index in [4.69, 9.17) is 4.74 Å². The zero-order valence-electron chi connectivity index (χ0n) is 18.7. The van der Waals surface area contributed by atoms with Crippen LogP contribution >= 0.6 is 11.3 Å². The van der Waals surface area contributed by atoms with Gasteiger partial charge in [-0.15, -0.1) is 11.3 Å². The Morgan fingerprint density at radius 2 is 1.88 bits per heavy atom. The Kier molecular flexibility index (Phi) is 7.18. The van der Waals surface area contributed by atoms with Gasteiger partial charge in [0.15, 0.2) is 5.78 Å². The Labute approximate surface area is 193 Å². The summed E-state index contributed by atoms with van der Waals surface area (Å²) in [6.45, 7) is 9.10. The number of ether oxygens (including phenoxy) is 1. The standard InChI is InChI=1S/C25H30N2O4S/c1-17(2)18-6-8-19(9-7-18)22-21(23(28)20-5-3-16-32-20)24(29)25(30)27(22)11-4-10-26-12-14-31-15-13-26/h3,5-9,16-17,21-22H,4,10-15H2,1-2H3/p+1. The van der Waals surface area contributed by atoms with E-state index in [9.17, 15) is 14.4 Å². The molecule has 0 spiro atoms. The molecule has 2 fully saturated rings. The third-order valence-corrected chi connectivity index (χ3v) is 7.41. The fourth-order valence-electron chi connectivity index (χ4n) is 4.66. The largest absolute Gasteiger partial charge is 0.370 e. The molecule has 0 radical (unpaired) electrons. The molecular formula is C25H31N2O4S+. The molecule has 1 amide bonds. The minimum Gasteiger partial charge on any atom is -0.370 e. The average Bonchev–Trinajstić information content (AvgIpc) is 3.43. The minimum atomic E-state index is -0.984. The summed E-state index contributed by atoms with van der Waals surface area (Å²) in [4.78, 5) is 43.0. The van der Waals surface area contributed by atoms with Gasteiger partial charge in [-0.2, -0.15) is 0 Å². The summed E-state index contributed by atoms with van der Waals surface area (Å²) in [6, 6.07) is 11.0. The van der Waals surface area contributed by atoms with Crippen molar-refractivity contribution < 1.29 is 24.0 Å². The number of ketones is 2. The number of carbonyl (C=O) groups is 3. The molecular weight excluding hydrogens is 424 g/mol. The van der Waals surface area contributed by atoms with Crippen LogP contribution in [0.25, 0.3) is 0 Å². The fourth-order valence-corrected chi connectivity index (χ4v) is 5.36. The number of nitrogens with zero attached hydrogens (tertiary/aromatic N) is 1. The molecule has 1 aromatic heterocycles. The second-order valence-corrected chi connectivity index (χ2v) is 9.86. The van der Waals surface area contributed by atoms with E-state index in [1.54, 1.807) is 17.0 Å². The number of amides is 1. The van der Waals surface area contributed by atoms with Crippen molar-refractivity contribution in [2.45, 2.75) is 32.2 Å². The molecule has 2 saturated heterocycles. The molecule has 170 valence electrons. The van der Waals surface area contributed by atoms with Crippen LogP contribution in [0.4, 0.5) is 0 Å². The molecule has 0 bridgehead atoms. The fraction of sp³-hybridized carbons (Fsp3) is 0.480. The van der Waals surface area contributed by atoms with E-state index in [1.807, 2.05) is 29.6 Å². The number of hydrogen-bond donors (Lipinski definition) is 1. The highest BCUT2D eigenvalue weighted by Crippen LogP contribution is 2.39. The van der Waals surface area contributed by atoms with Crippen LogP contribution in [0.3, 0.4) is 0 Å². The van der Waals surface area contributed by atoms with Crippen molar-refractivity contribution in [2.75, 3.05) is 39.4 Å². The van der Waals surface area contributed by atoms with E-state index >= 15 is 0 Å². The zero-order chi connectivity index (χ0) is 22.7. The molecule has 3 heterocycles. The molecule has 2 unspecified atom stereocenters. The summed E-state index contributed by atoms with van der Waals surface area (Å²) < 4.78 is 5.42. The first kappa shape index (κ1) is 22.8. The molecule has 4 rings (SSSR count). The number of likely N-dealkylation sites (tertiary alicyclic amines) is 1. The monoisotopic (exact) mass is 455 g/mol. The van der Waals surface area contributed by atoms with Gasteiger partial charge in [0.2, 0.25) is 5.78 Å². The van der Waals surface area contributed by atoms with Crippen LogP contribution in [-0.4, -0.2) is 61.8 Å². The Bertz CT molecular complexity index is 949. The first-order valence-corrected chi connectivity index (χ1v) is 12.3. The predicted octanol–water partition coefficient (Wildman–Crippen LogP) is 2.13. The Morgan fingerprint density at radius 1 is 1.16 bits per heavy atom. The number of morpholine rings is 1. The zero-order valence-corrected chi connectivity index (χ0v) is 19.5. The van der Waals surface area contributed by atoms with Gasteiger partial charge in [-0.05, 0) is 28.5 Å². The number of rotatable bonds is 8. The minimum absolute atomic E-state index is 0.252. The molecule has 32 heavy (non-hydrogen) atoms. The van der Waals surface area contributed by atoms with Crippen molar-refractivity contribution in [3.63, 3.8) is 0 Å². The van der Waals surface area contributed by atoms with Crippen LogP contribution in [-0.2, 0) is 14.3 Å². The van der Waals surface area contributed by atoms with Crippen LogP contribution in [0.1, 0.15) is 53.0 Å². The Hall–Kier alpha value is -2.35. The lowest BCUT2D eigenvalue weighted by atomic mass is 9.87. The second kappa shape index (κ2) is 10.1. The molecule has 2 aromatic rings. The Balaban J connectivity index is 1.59.